The molecule has 2 aromatic rings. The summed E-state index contributed by atoms with van der Waals surface area (Å²) in [6.45, 7) is 4.96. The summed E-state index contributed by atoms with van der Waals surface area (Å²) in [6.07, 6.45) is 2.24. The molecule has 0 spiro atoms. The maximum absolute atomic E-state index is 12.5. The second kappa shape index (κ2) is 6.22. The standard InChI is InChI=1S/C16H24N4O2S/c1-4-20-15-8-6-5-7-14(15)18-16(20)11-17-23(21,22)19(3)12(2)13-9-10-13/h5-8,12-13,17H,4,9-11H2,1-3H3/t12-/m0/s1. The Balaban J connectivity index is 1.77. The Morgan fingerprint density at radius 1 is 1.39 bits per heavy atom. The van der Waals surface area contributed by atoms with Crippen LogP contribution in [0.3, 0.4) is 0 Å². The van der Waals surface area contributed by atoms with Gasteiger partial charge in [0.2, 0.25) is 0 Å². The molecule has 1 aliphatic rings. The molecule has 1 fully saturated rings. The fourth-order valence-electron chi connectivity index (χ4n) is 2.97. The molecule has 0 saturated heterocycles. The summed E-state index contributed by atoms with van der Waals surface area (Å²) in [6, 6.07) is 7.90. The number of rotatable bonds is 7. The van der Waals surface area contributed by atoms with Gasteiger partial charge in [0, 0.05) is 19.6 Å². The largest absolute Gasteiger partial charge is 0.327 e. The molecule has 1 atom stereocenters. The van der Waals surface area contributed by atoms with Crippen molar-refractivity contribution in [2.45, 2.75) is 45.8 Å². The monoisotopic (exact) mass is 336 g/mol. The molecule has 7 heteroatoms. The Kier molecular flexibility index (Phi) is 4.44. The number of benzene rings is 1. The van der Waals surface area contributed by atoms with Crippen LogP contribution in [0.2, 0.25) is 0 Å². The minimum absolute atomic E-state index is 0.0393. The van der Waals surface area contributed by atoms with Crippen LogP contribution in [-0.2, 0) is 23.3 Å². The highest BCUT2D eigenvalue weighted by Gasteiger charge is 2.35. The highest BCUT2D eigenvalue weighted by atomic mass is 32.2. The van der Waals surface area contributed by atoms with Gasteiger partial charge in [-0.05, 0) is 44.7 Å². The van der Waals surface area contributed by atoms with E-state index >= 15 is 0 Å². The third-order valence-corrected chi connectivity index (χ3v) is 6.32. The van der Waals surface area contributed by atoms with Crippen molar-refractivity contribution in [3.05, 3.63) is 30.1 Å². The van der Waals surface area contributed by atoms with E-state index in [4.69, 9.17) is 0 Å². The van der Waals surface area contributed by atoms with Crippen molar-refractivity contribution in [2.24, 2.45) is 5.92 Å². The van der Waals surface area contributed by atoms with Gasteiger partial charge in [0.1, 0.15) is 5.82 Å². The molecule has 6 nitrogen and oxygen atoms in total. The molecule has 1 aromatic carbocycles. The zero-order valence-corrected chi connectivity index (χ0v) is 14.7. The maximum atomic E-state index is 12.5. The fraction of sp³-hybridized carbons (Fsp3) is 0.562. The zero-order chi connectivity index (χ0) is 16.6. The van der Waals surface area contributed by atoms with Crippen molar-refractivity contribution in [2.75, 3.05) is 7.05 Å². The number of para-hydroxylation sites is 2. The molecule has 1 N–H and O–H groups in total. The Morgan fingerprint density at radius 3 is 2.74 bits per heavy atom. The number of hydrogen-bond donors (Lipinski definition) is 1. The summed E-state index contributed by atoms with van der Waals surface area (Å²) in [4.78, 5) is 4.56. The number of aromatic nitrogens is 2. The lowest BCUT2D eigenvalue weighted by Crippen LogP contribution is -2.43. The molecule has 1 saturated carbocycles. The molecular weight excluding hydrogens is 312 g/mol. The first-order chi connectivity index (χ1) is 10.9. The number of hydrogen-bond acceptors (Lipinski definition) is 3. The highest BCUT2D eigenvalue weighted by Crippen LogP contribution is 2.35. The first-order valence-electron chi connectivity index (χ1n) is 8.10. The van der Waals surface area contributed by atoms with Gasteiger partial charge >= 0.3 is 0 Å². The molecule has 1 aromatic heterocycles. The van der Waals surface area contributed by atoms with Gasteiger partial charge in [0.25, 0.3) is 10.2 Å². The van der Waals surface area contributed by atoms with Crippen molar-refractivity contribution < 1.29 is 8.42 Å². The third-order valence-electron chi connectivity index (χ3n) is 4.72. The minimum Gasteiger partial charge on any atom is -0.327 e. The van der Waals surface area contributed by atoms with Crippen LogP contribution >= 0.6 is 0 Å². The summed E-state index contributed by atoms with van der Waals surface area (Å²) in [5.41, 5.74) is 1.92. The molecule has 126 valence electrons. The van der Waals surface area contributed by atoms with E-state index in [9.17, 15) is 8.42 Å². The molecule has 0 radical (unpaired) electrons. The lowest BCUT2D eigenvalue weighted by Gasteiger charge is -2.24. The topological polar surface area (TPSA) is 67.2 Å². The van der Waals surface area contributed by atoms with Gasteiger partial charge in [0.05, 0.1) is 17.6 Å². The summed E-state index contributed by atoms with van der Waals surface area (Å²) in [5, 5.41) is 0. The average Bonchev–Trinajstić information content (AvgIpc) is 3.32. The van der Waals surface area contributed by atoms with Crippen molar-refractivity contribution in [3.8, 4) is 0 Å². The average molecular weight is 336 g/mol. The summed E-state index contributed by atoms with van der Waals surface area (Å²) in [7, 11) is -1.85. The van der Waals surface area contributed by atoms with Crippen LogP contribution < -0.4 is 4.72 Å². The van der Waals surface area contributed by atoms with Crippen LogP contribution in [0.1, 0.15) is 32.5 Å². The molecule has 1 aliphatic carbocycles. The maximum Gasteiger partial charge on any atom is 0.279 e. The molecular formula is C16H24N4O2S. The number of nitrogens with zero attached hydrogens (tertiary/aromatic N) is 3. The molecule has 0 amide bonds. The van der Waals surface area contributed by atoms with E-state index in [2.05, 4.69) is 9.71 Å². The summed E-state index contributed by atoms with van der Waals surface area (Å²) in [5.74, 6) is 1.24. The van der Waals surface area contributed by atoms with E-state index in [0.717, 1.165) is 36.2 Å². The Labute approximate surface area is 137 Å². The lowest BCUT2D eigenvalue weighted by atomic mass is 10.2. The van der Waals surface area contributed by atoms with Crippen molar-refractivity contribution >= 4 is 21.2 Å². The van der Waals surface area contributed by atoms with E-state index in [0.29, 0.717) is 5.92 Å². The third kappa shape index (κ3) is 3.27. The smallest absolute Gasteiger partial charge is 0.279 e. The molecule has 23 heavy (non-hydrogen) atoms. The van der Waals surface area contributed by atoms with Gasteiger partial charge in [-0.1, -0.05) is 12.1 Å². The molecule has 0 aliphatic heterocycles. The molecule has 3 rings (SSSR count). The van der Waals surface area contributed by atoms with Gasteiger partial charge in [-0.3, -0.25) is 0 Å². The molecule has 1 heterocycles. The predicted molar refractivity (Wildman–Crippen MR) is 91.1 cm³/mol. The summed E-state index contributed by atoms with van der Waals surface area (Å²) >= 11 is 0. The first-order valence-corrected chi connectivity index (χ1v) is 9.54. The van der Waals surface area contributed by atoms with E-state index in [-0.39, 0.29) is 12.6 Å². The van der Waals surface area contributed by atoms with Crippen LogP contribution in [0, 0.1) is 5.92 Å². The van der Waals surface area contributed by atoms with Crippen LogP contribution in [0.4, 0.5) is 0 Å². The zero-order valence-electron chi connectivity index (χ0n) is 13.9. The minimum atomic E-state index is -3.50. The van der Waals surface area contributed by atoms with E-state index in [1.54, 1.807) is 7.05 Å². The van der Waals surface area contributed by atoms with Gasteiger partial charge in [-0.2, -0.15) is 17.4 Å². The van der Waals surface area contributed by atoms with Gasteiger partial charge in [-0.25, -0.2) is 4.98 Å². The first kappa shape index (κ1) is 16.4. The van der Waals surface area contributed by atoms with Gasteiger partial charge in [-0.15, -0.1) is 0 Å². The normalized spacial score (nSPS) is 17.0. The second-order valence-corrected chi connectivity index (χ2v) is 8.00. The fourth-order valence-corrected chi connectivity index (χ4v) is 4.09. The van der Waals surface area contributed by atoms with Gasteiger partial charge < -0.3 is 4.57 Å². The number of imidazole rings is 1. The Bertz CT molecular complexity index is 796. The second-order valence-electron chi connectivity index (χ2n) is 6.18. The van der Waals surface area contributed by atoms with Crippen LogP contribution in [0.15, 0.2) is 24.3 Å². The molecule has 0 unspecified atom stereocenters. The summed E-state index contributed by atoms with van der Waals surface area (Å²) < 4.78 is 31.1. The SMILES string of the molecule is CCn1c(CNS(=O)(=O)N(C)[C@@H](C)C2CC2)nc2ccccc21. The van der Waals surface area contributed by atoms with Crippen LogP contribution in [0.25, 0.3) is 11.0 Å². The predicted octanol–water partition coefficient (Wildman–Crippen LogP) is 2.12. The number of fused-ring (bicyclic) bond motifs is 1. The van der Waals surface area contributed by atoms with Crippen molar-refractivity contribution in [1.29, 1.82) is 0 Å². The van der Waals surface area contributed by atoms with Crippen molar-refractivity contribution in [3.63, 3.8) is 0 Å². The van der Waals surface area contributed by atoms with E-state index in [1.165, 1.54) is 4.31 Å². The quantitative estimate of drug-likeness (QED) is 0.842. The van der Waals surface area contributed by atoms with E-state index in [1.807, 2.05) is 42.7 Å². The highest BCUT2D eigenvalue weighted by molar-refractivity contribution is 7.87. The Hall–Kier alpha value is -1.44. The lowest BCUT2D eigenvalue weighted by molar-refractivity contribution is 0.351. The van der Waals surface area contributed by atoms with Crippen molar-refractivity contribution in [1.82, 2.24) is 18.6 Å². The van der Waals surface area contributed by atoms with Crippen LogP contribution in [0.5, 0.6) is 0 Å². The van der Waals surface area contributed by atoms with Crippen LogP contribution in [-0.4, -0.2) is 35.4 Å². The Morgan fingerprint density at radius 2 is 2.09 bits per heavy atom. The van der Waals surface area contributed by atoms with Gasteiger partial charge in [0.15, 0.2) is 0 Å². The molecule has 0 bridgehead atoms. The number of aryl methyl sites for hydroxylation is 1. The number of nitrogens with one attached hydrogen (secondary N) is 1. The van der Waals surface area contributed by atoms with E-state index < -0.39 is 10.2 Å².